The maximum absolute atomic E-state index is 11.0. The fraction of sp³-hybridized carbons (Fsp3) is 0.962. The monoisotopic (exact) mass is 793 g/mol. The third kappa shape index (κ3) is 55.0. The highest BCUT2D eigenvalue weighted by Gasteiger charge is 2.01. The van der Waals surface area contributed by atoms with Gasteiger partial charge in [0.1, 0.15) is 0 Å². The van der Waals surface area contributed by atoms with Crippen LogP contribution in [-0.2, 0) is 19.1 Å². The van der Waals surface area contributed by atoms with E-state index in [4.69, 9.17) is 0 Å². The fourth-order valence-corrected chi connectivity index (χ4v) is 7.96. The van der Waals surface area contributed by atoms with E-state index < -0.39 is 0 Å². The van der Waals surface area contributed by atoms with Crippen molar-refractivity contribution in [3.8, 4) is 0 Å². The smallest absolute Gasteiger partial charge is 0.305 e. The summed E-state index contributed by atoms with van der Waals surface area (Å²) in [5.74, 6) is -0.124. The van der Waals surface area contributed by atoms with Crippen LogP contribution in [0.4, 0.5) is 0 Å². The van der Waals surface area contributed by atoms with Crippen LogP contribution in [-0.4, -0.2) is 26.2 Å². The molecule has 0 aromatic heterocycles. The Labute approximate surface area is 353 Å². The molecule has 0 aromatic carbocycles. The second-order valence-corrected chi connectivity index (χ2v) is 17.5. The van der Waals surface area contributed by atoms with E-state index >= 15 is 0 Å². The first-order valence-corrected chi connectivity index (χ1v) is 25.8. The molecule has 0 bridgehead atoms. The molecule has 0 aromatic rings. The fourth-order valence-electron chi connectivity index (χ4n) is 7.96. The molecule has 0 atom stereocenters. The standard InChI is InChI=1S/C27H54O2.C25H50O2/c1-3-4-5-6-7-8-9-10-11-12-13-14-15-16-17-18-19-20-21-22-23-24-25-26-27(28)29-2;1-3-4-5-6-7-8-9-10-11-12-13-14-15-16-17-18-19-20-21-22-23-24-25(26)27-2/h3-26H2,1-2H3;3-24H2,1-2H3. The molecule has 0 aliphatic carbocycles. The van der Waals surface area contributed by atoms with Gasteiger partial charge in [-0.2, -0.15) is 0 Å². The average molecular weight is 793 g/mol. The summed E-state index contributed by atoms with van der Waals surface area (Å²) >= 11 is 0. The Morgan fingerprint density at radius 3 is 0.482 bits per heavy atom. The van der Waals surface area contributed by atoms with Crippen molar-refractivity contribution in [2.24, 2.45) is 0 Å². The lowest BCUT2D eigenvalue weighted by molar-refractivity contribution is -0.141. The van der Waals surface area contributed by atoms with Gasteiger partial charge in [0, 0.05) is 12.8 Å². The number of unbranched alkanes of at least 4 members (excludes halogenated alkanes) is 42. The topological polar surface area (TPSA) is 52.6 Å². The first kappa shape index (κ1) is 57.0. The van der Waals surface area contributed by atoms with Gasteiger partial charge in [0.15, 0.2) is 0 Å². The first-order chi connectivity index (χ1) is 27.6. The first-order valence-electron chi connectivity index (χ1n) is 25.8. The van der Waals surface area contributed by atoms with Gasteiger partial charge in [-0.15, -0.1) is 0 Å². The summed E-state index contributed by atoms with van der Waals surface area (Å²) in [6, 6.07) is 0. The minimum atomic E-state index is -0.0622. The third-order valence-electron chi connectivity index (χ3n) is 11.9. The second-order valence-electron chi connectivity index (χ2n) is 17.5. The second kappa shape index (κ2) is 53.9. The minimum absolute atomic E-state index is 0.0616. The molecular weight excluding hydrogens is 689 g/mol. The maximum Gasteiger partial charge on any atom is 0.305 e. The normalized spacial score (nSPS) is 11.1. The summed E-state index contributed by atoms with van der Waals surface area (Å²) in [5, 5.41) is 0. The van der Waals surface area contributed by atoms with E-state index in [9.17, 15) is 9.59 Å². The van der Waals surface area contributed by atoms with Gasteiger partial charge in [-0.05, 0) is 12.8 Å². The molecule has 4 nitrogen and oxygen atoms in total. The highest BCUT2D eigenvalue weighted by atomic mass is 16.5. The van der Waals surface area contributed by atoms with Crippen molar-refractivity contribution in [1.82, 2.24) is 0 Å². The number of ether oxygens (including phenoxy) is 2. The molecule has 0 saturated heterocycles. The Morgan fingerprint density at radius 1 is 0.232 bits per heavy atom. The van der Waals surface area contributed by atoms with E-state index in [2.05, 4.69) is 23.3 Å². The summed E-state index contributed by atoms with van der Waals surface area (Å²) in [6.07, 6.45) is 62.6. The molecular formula is C52H104O4. The van der Waals surface area contributed by atoms with Gasteiger partial charge >= 0.3 is 11.9 Å². The molecule has 0 heterocycles. The van der Waals surface area contributed by atoms with Gasteiger partial charge in [0.05, 0.1) is 14.2 Å². The van der Waals surface area contributed by atoms with Crippen LogP contribution < -0.4 is 0 Å². The SMILES string of the molecule is CCCCCCCCCCCCCCCCCCCCCCCC(=O)OC.CCCCCCCCCCCCCCCCCCCCCCCCCC(=O)OC. The highest BCUT2D eigenvalue weighted by molar-refractivity contribution is 5.69. The Kier molecular flexibility index (Phi) is 54.9. The molecule has 0 radical (unpaired) electrons. The van der Waals surface area contributed by atoms with Crippen LogP contribution in [0, 0.1) is 0 Å². The van der Waals surface area contributed by atoms with Gasteiger partial charge in [0.25, 0.3) is 0 Å². The average Bonchev–Trinajstić information content (AvgIpc) is 3.21. The van der Waals surface area contributed by atoms with Crippen molar-refractivity contribution in [2.45, 2.75) is 309 Å². The number of hydrogen-bond acceptors (Lipinski definition) is 4. The largest absolute Gasteiger partial charge is 0.469 e. The number of rotatable bonds is 46. The lowest BCUT2D eigenvalue weighted by atomic mass is 10.0. The molecule has 0 aliphatic rings. The van der Waals surface area contributed by atoms with E-state index in [-0.39, 0.29) is 11.9 Å². The van der Waals surface area contributed by atoms with Gasteiger partial charge in [-0.3, -0.25) is 9.59 Å². The Bertz CT molecular complexity index is 722. The van der Waals surface area contributed by atoms with E-state index in [1.807, 2.05) is 0 Å². The van der Waals surface area contributed by atoms with Crippen LogP contribution in [0.2, 0.25) is 0 Å². The predicted octanol–water partition coefficient (Wildman–Crippen LogP) is 18.3. The predicted molar refractivity (Wildman–Crippen MR) is 248 cm³/mol. The lowest BCUT2D eigenvalue weighted by Crippen LogP contribution is -1.99. The third-order valence-corrected chi connectivity index (χ3v) is 11.9. The van der Waals surface area contributed by atoms with Crippen molar-refractivity contribution < 1.29 is 19.1 Å². The summed E-state index contributed by atoms with van der Waals surface area (Å²) in [5.41, 5.74) is 0. The van der Waals surface area contributed by atoms with Gasteiger partial charge in [-0.1, -0.05) is 284 Å². The molecule has 4 heteroatoms. The molecule has 0 rings (SSSR count). The summed E-state index contributed by atoms with van der Waals surface area (Å²) in [7, 11) is 2.95. The zero-order chi connectivity index (χ0) is 41.1. The number of esters is 2. The Hall–Kier alpha value is -1.06. The van der Waals surface area contributed by atoms with Crippen LogP contribution in [0.25, 0.3) is 0 Å². The van der Waals surface area contributed by atoms with Gasteiger partial charge in [0.2, 0.25) is 0 Å². The molecule has 0 amide bonds. The minimum Gasteiger partial charge on any atom is -0.469 e. The highest BCUT2D eigenvalue weighted by Crippen LogP contribution is 2.17. The Balaban J connectivity index is 0. The van der Waals surface area contributed by atoms with E-state index in [0.29, 0.717) is 12.8 Å². The van der Waals surface area contributed by atoms with Crippen molar-refractivity contribution in [2.75, 3.05) is 14.2 Å². The van der Waals surface area contributed by atoms with Crippen molar-refractivity contribution in [3.05, 3.63) is 0 Å². The van der Waals surface area contributed by atoms with Crippen LogP contribution in [0.3, 0.4) is 0 Å². The van der Waals surface area contributed by atoms with Gasteiger partial charge < -0.3 is 9.47 Å². The number of methoxy groups -OCH3 is 2. The molecule has 0 N–H and O–H groups in total. The van der Waals surface area contributed by atoms with E-state index in [1.165, 1.54) is 284 Å². The molecule has 0 aliphatic heterocycles. The molecule has 56 heavy (non-hydrogen) atoms. The lowest BCUT2D eigenvalue weighted by Gasteiger charge is -2.04. The van der Waals surface area contributed by atoms with Crippen molar-refractivity contribution in [1.29, 1.82) is 0 Å². The van der Waals surface area contributed by atoms with E-state index in [0.717, 1.165) is 12.8 Å². The zero-order valence-electron chi connectivity index (χ0n) is 39.2. The molecule has 0 spiro atoms. The van der Waals surface area contributed by atoms with Crippen LogP contribution >= 0.6 is 0 Å². The summed E-state index contributed by atoms with van der Waals surface area (Å²) < 4.78 is 9.32. The molecule has 336 valence electrons. The summed E-state index contributed by atoms with van der Waals surface area (Å²) in [4.78, 5) is 22.0. The van der Waals surface area contributed by atoms with Crippen LogP contribution in [0.1, 0.15) is 309 Å². The molecule has 0 saturated carbocycles. The molecule has 0 unspecified atom stereocenters. The van der Waals surface area contributed by atoms with Crippen LogP contribution in [0.5, 0.6) is 0 Å². The zero-order valence-corrected chi connectivity index (χ0v) is 39.2. The van der Waals surface area contributed by atoms with E-state index in [1.54, 1.807) is 0 Å². The quantitative estimate of drug-likeness (QED) is 0.0455. The maximum atomic E-state index is 11.0. The number of hydrogen-bond donors (Lipinski definition) is 0. The molecule has 0 fully saturated rings. The number of carbonyl (C=O) groups is 2. The Morgan fingerprint density at radius 2 is 0.357 bits per heavy atom. The number of carbonyl (C=O) groups excluding carboxylic acids is 2. The van der Waals surface area contributed by atoms with Crippen LogP contribution in [0.15, 0.2) is 0 Å². The van der Waals surface area contributed by atoms with Crippen molar-refractivity contribution >= 4 is 11.9 Å². The van der Waals surface area contributed by atoms with Gasteiger partial charge in [-0.25, -0.2) is 0 Å². The van der Waals surface area contributed by atoms with Crippen molar-refractivity contribution in [3.63, 3.8) is 0 Å². The summed E-state index contributed by atoms with van der Waals surface area (Å²) in [6.45, 7) is 4.59.